The zero-order valence-corrected chi connectivity index (χ0v) is 15.4. The molecule has 2 aromatic rings. The molecule has 0 spiro atoms. The van der Waals surface area contributed by atoms with Crippen molar-refractivity contribution >= 4 is 11.6 Å². The van der Waals surface area contributed by atoms with Crippen LogP contribution in [0.5, 0.6) is 17.2 Å². The Hall–Kier alpha value is -2.89. The number of anilines is 1. The molecule has 138 valence electrons. The maximum absolute atomic E-state index is 12.9. The summed E-state index contributed by atoms with van der Waals surface area (Å²) < 4.78 is 16.0. The lowest BCUT2D eigenvalue weighted by molar-refractivity contribution is 0.0743. The third-order valence-electron chi connectivity index (χ3n) is 4.63. The minimum absolute atomic E-state index is 0.0239. The van der Waals surface area contributed by atoms with Crippen molar-refractivity contribution in [2.45, 2.75) is 0 Å². The largest absolute Gasteiger partial charge is 0.497 e. The molecule has 26 heavy (non-hydrogen) atoms. The fourth-order valence-electron chi connectivity index (χ4n) is 3.19. The predicted molar refractivity (Wildman–Crippen MR) is 101 cm³/mol. The van der Waals surface area contributed by atoms with Crippen molar-refractivity contribution in [3.8, 4) is 17.2 Å². The molecule has 0 aromatic heterocycles. The first-order valence-corrected chi connectivity index (χ1v) is 8.57. The molecule has 1 saturated heterocycles. The molecule has 0 N–H and O–H groups in total. The summed E-state index contributed by atoms with van der Waals surface area (Å²) in [7, 11) is 4.83. The Morgan fingerprint density at radius 1 is 0.846 bits per heavy atom. The molecule has 6 nitrogen and oxygen atoms in total. The summed E-state index contributed by atoms with van der Waals surface area (Å²) in [6.07, 6.45) is 0. The van der Waals surface area contributed by atoms with E-state index in [0.29, 0.717) is 30.2 Å². The molecule has 1 fully saturated rings. The van der Waals surface area contributed by atoms with Crippen molar-refractivity contribution in [1.29, 1.82) is 0 Å². The number of ether oxygens (including phenoxy) is 3. The third-order valence-corrected chi connectivity index (χ3v) is 4.63. The van der Waals surface area contributed by atoms with Crippen LogP contribution in [0.4, 0.5) is 5.69 Å². The summed E-state index contributed by atoms with van der Waals surface area (Å²) >= 11 is 0. The maximum atomic E-state index is 12.9. The monoisotopic (exact) mass is 356 g/mol. The number of para-hydroxylation sites is 2. The van der Waals surface area contributed by atoms with Gasteiger partial charge in [-0.25, -0.2) is 0 Å². The number of hydrogen-bond acceptors (Lipinski definition) is 5. The summed E-state index contributed by atoms with van der Waals surface area (Å²) in [6, 6.07) is 13.2. The summed E-state index contributed by atoms with van der Waals surface area (Å²) in [5.74, 6) is 2.02. The Balaban J connectivity index is 1.71. The van der Waals surface area contributed by atoms with E-state index in [4.69, 9.17) is 14.2 Å². The number of rotatable bonds is 5. The number of methoxy groups -OCH3 is 3. The highest BCUT2D eigenvalue weighted by atomic mass is 16.5. The maximum Gasteiger partial charge on any atom is 0.257 e. The van der Waals surface area contributed by atoms with Crippen LogP contribution in [0, 0.1) is 0 Å². The average molecular weight is 356 g/mol. The molecule has 1 aliphatic heterocycles. The lowest BCUT2D eigenvalue weighted by Crippen LogP contribution is -2.49. The highest BCUT2D eigenvalue weighted by molar-refractivity contribution is 5.97. The Kier molecular flexibility index (Phi) is 5.51. The van der Waals surface area contributed by atoms with Crippen LogP contribution in [0.25, 0.3) is 0 Å². The van der Waals surface area contributed by atoms with Gasteiger partial charge in [0.1, 0.15) is 17.2 Å². The van der Waals surface area contributed by atoms with E-state index >= 15 is 0 Å². The number of benzene rings is 2. The predicted octanol–water partition coefficient (Wildman–Crippen LogP) is 2.67. The van der Waals surface area contributed by atoms with Crippen LogP contribution >= 0.6 is 0 Å². The Morgan fingerprint density at radius 2 is 1.54 bits per heavy atom. The number of hydrogen-bond donors (Lipinski definition) is 0. The quantitative estimate of drug-likeness (QED) is 0.824. The number of carbonyl (C=O) groups is 1. The molecule has 0 bridgehead atoms. The zero-order valence-electron chi connectivity index (χ0n) is 15.4. The van der Waals surface area contributed by atoms with Crippen molar-refractivity contribution in [3.63, 3.8) is 0 Å². The van der Waals surface area contributed by atoms with E-state index < -0.39 is 0 Å². The first-order valence-electron chi connectivity index (χ1n) is 8.57. The summed E-state index contributed by atoms with van der Waals surface area (Å²) in [4.78, 5) is 17.0. The van der Waals surface area contributed by atoms with E-state index in [2.05, 4.69) is 4.90 Å². The normalized spacial score (nSPS) is 14.1. The van der Waals surface area contributed by atoms with Crippen LogP contribution in [0.3, 0.4) is 0 Å². The van der Waals surface area contributed by atoms with Crippen LogP contribution in [0.1, 0.15) is 10.4 Å². The van der Waals surface area contributed by atoms with Crippen LogP contribution < -0.4 is 19.1 Å². The topological polar surface area (TPSA) is 51.2 Å². The van der Waals surface area contributed by atoms with Crippen LogP contribution in [0.15, 0.2) is 42.5 Å². The van der Waals surface area contributed by atoms with E-state index in [-0.39, 0.29) is 5.91 Å². The highest BCUT2D eigenvalue weighted by Crippen LogP contribution is 2.29. The van der Waals surface area contributed by atoms with Gasteiger partial charge in [-0.05, 0) is 24.3 Å². The molecule has 2 aromatic carbocycles. The second kappa shape index (κ2) is 7.99. The first-order chi connectivity index (χ1) is 12.7. The summed E-state index contributed by atoms with van der Waals surface area (Å²) in [5, 5.41) is 0. The highest BCUT2D eigenvalue weighted by Gasteiger charge is 2.25. The summed E-state index contributed by atoms with van der Waals surface area (Å²) in [5.41, 5.74) is 1.61. The van der Waals surface area contributed by atoms with Gasteiger partial charge in [0.15, 0.2) is 0 Å². The number of carbonyl (C=O) groups excluding carboxylic acids is 1. The summed E-state index contributed by atoms with van der Waals surface area (Å²) in [6.45, 7) is 2.80. The van der Waals surface area contributed by atoms with Gasteiger partial charge >= 0.3 is 0 Å². The van der Waals surface area contributed by atoms with Crippen molar-refractivity contribution in [2.24, 2.45) is 0 Å². The molecule has 0 saturated carbocycles. The van der Waals surface area contributed by atoms with Gasteiger partial charge in [0, 0.05) is 32.2 Å². The Labute approximate surface area is 153 Å². The van der Waals surface area contributed by atoms with Gasteiger partial charge in [-0.1, -0.05) is 12.1 Å². The van der Waals surface area contributed by atoms with Crippen molar-refractivity contribution in [2.75, 3.05) is 52.4 Å². The molecule has 0 radical (unpaired) electrons. The van der Waals surface area contributed by atoms with E-state index in [1.807, 2.05) is 29.2 Å². The van der Waals surface area contributed by atoms with E-state index in [9.17, 15) is 4.79 Å². The molecule has 0 aliphatic carbocycles. The lowest BCUT2D eigenvalue weighted by Gasteiger charge is -2.36. The molecule has 1 aliphatic rings. The first kappa shape index (κ1) is 17.9. The van der Waals surface area contributed by atoms with E-state index in [1.165, 1.54) is 0 Å². The molecule has 1 heterocycles. The van der Waals surface area contributed by atoms with Gasteiger partial charge in [0.05, 0.1) is 32.6 Å². The zero-order chi connectivity index (χ0) is 18.5. The molecule has 6 heteroatoms. The van der Waals surface area contributed by atoms with E-state index in [0.717, 1.165) is 24.5 Å². The van der Waals surface area contributed by atoms with Gasteiger partial charge in [0.25, 0.3) is 5.91 Å². The van der Waals surface area contributed by atoms with E-state index in [1.54, 1.807) is 39.5 Å². The van der Waals surface area contributed by atoms with Crippen LogP contribution in [-0.2, 0) is 0 Å². The molecular weight excluding hydrogens is 332 g/mol. The van der Waals surface area contributed by atoms with Gasteiger partial charge in [-0.2, -0.15) is 0 Å². The van der Waals surface area contributed by atoms with Crippen molar-refractivity contribution in [1.82, 2.24) is 4.90 Å². The van der Waals surface area contributed by atoms with Gasteiger partial charge in [0.2, 0.25) is 0 Å². The number of amides is 1. The lowest BCUT2D eigenvalue weighted by atomic mass is 10.1. The Morgan fingerprint density at radius 3 is 2.19 bits per heavy atom. The SMILES string of the molecule is COc1ccc(C(=O)N2CCN(c3ccccc3OC)CC2)c(OC)c1. The number of nitrogens with zero attached hydrogens (tertiary/aromatic N) is 2. The molecule has 0 atom stereocenters. The van der Waals surface area contributed by atoms with Gasteiger partial charge in [-0.15, -0.1) is 0 Å². The molecule has 1 amide bonds. The van der Waals surface area contributed by atoms with Gasteiger partial charge in [-0.3, -0.25) is 4.79 Å². The fraction of sp³-hybridized carbons (Fsp3) is 0.350. The average Bonchev–Trinajstić information content (AvgIpc) is 2.72. The van der Waals surface area contributed by atoms with Gasteiger partial charge < -0.3 is 24.0 Å². The second-order valence-corrected chi connectivity index (χ2v) is 6.02. The fourth-order valence-corrected chi connectivity index (χ4v) is 3.19. The molecule has 3 rings (SSSR count). The minimum atomic E-state index is -0.0239. The minimum Gasteiger partial charge on any atom is -0.497 e. The second-order valence-electron chi connectivity index (χ2n) is 6.02. The standard InChI is InChI=1S/C20H24N2O4/c1-24-15-8-9-16(19(14-15)26-3)20(23)22-12-10-21(11-13-22)17-6-4-5-7-18(17)25-2/h4-9,14H,10-13H2,1-3H3. The van der Waals surface area contributed by atoms with Crippen LogP contribution in [0.2, 0.25) is 0 Å². The third kappa shape index (κ3) is 3.54. The molecule has 0 unspecified atom stereocenters. The van der Waals surface area contributed by atoms with Crippen molar-refractivity contribution < 1.29 is 19.0 Å². The van der Waals surface area contributed by atoms with Crippen LogP contribution in [-0.4, -0.2) is 58.3 Å². The molecular formula is C20H24N2O4. The number of piperazine rings is 1. The Bertz CT molecular complexity index is 770. The van der Waals surface area contributed by atoms with Crippen molar-refractivity contribution in [3.05, 3.63) is 48.0 Å². The smallest absolute Gasteiger partial charge is 0.257 e.